The van der Waals surface area contributed by atoms with Crippen molar-refractivity contribution in [3.63, 3.8) is 0 Å². The van der Waals surface area contributed by atoms with Gasteiger partial charge in [-0.1, -0.05) is 66.8 Å². The zero-order valence-corrected chi connectivity index (χ0v) is 20.4. The van der Waals surface area contributed by atoms with Gasteiger partial charge in [0, 0.05) is 30.6 Å². The van der Waals surface area contributed by atoms with E-state index in [0.29, 0.717) is 22.6 Å². The quantitative estimate of drug-likeness (QED) is 0.257. The Bertz CT molecular complexity index is 449. The van der Waals surface area contributed by atoms with E-state index in [1.54, 1.807) is 0 Å². The minimum absolute atomic E-state index is 0. The van der Waals surface area contributed by atoms with E-state index in [0.717, 1.165) is 0 Å². The van der Waals surface area contributed by atoms with Gasteiger partial charge >= 0.3 is 0 Å². The standard InChI is InChI=1S/C20H37N2P2.Ni/c1-15(2)23(16(3)4)21(9)19-12-11-13-20(14-19)22(10)24(17(5)6)18(7)8;/h11-13,15-18H,1-10H3;/q-1;. The Hall–Kier alpha value is 0.174. The van der Waals surface area contributed by atoms with Gasteiger partial charge < -0.3 is 9.34 Å². The van der Waals surface area contributed by atoms with E-state index in [9.17, 15) is 0 Å². The maximum absolute atomic E-state index is 3.71. The third-order valence-electron chi connectivity index (χ3n) is 4.27. The molecule has 2 nitrogen and oxygen atoms in total. The van der Waals surface area contributed by atoms with Crippen molar-refractivity contribution in [2.75, 3.05) is 23.4 Å². The van der Waals surface area contributed by atoms with Crippen LogP contribution in [0.1, 0.15) is 55.4 Å². The Labute approximate surface area is 169 Å². The van der Waals surface area contributed by atoms with Crippen LogP contribution in [0, 0.1) is 6.07 Å². The molecule has 1 aromatic rings. The third kappa shape index (κ3) is 6.68. The molecule has 0 heterocycles. The van der Waals surface area contributed by atoms with Crippen molar-refractivity contribution in [3.8, 4) is 0 Å². The second kappa shape index (κ2) is 11.1. The van der Waals surface area contributed by atoms with Crippen molar-refractivity contribution in [1.82, 2.24) is 0 Å². The zero-order valence-electron chi connectivity index (χ0n) is 17.6. The largest absolute Gasteiger partial charge is 0.376 e. The zero-order chi connectivity index (χ0) is 18.6. The SMILES string of the molecule is CC(C)P(C(C)C)N(C)c1[c-]c(N(C)P(C(C)C)C(C)C)ccc1.[Ni]. The van der Waals surface area contributed by atoms with Gasteiger partial charge in [0.05, 0.1) is 0 Å². The number of anilines is 2. The molecule has 1 rings (SSSR count). The molecule has 1 aromatic carbocycles. The van der Waals surface area contributed by atoms with Crippen molar-refractivity contribution >= 4 is 27.5 Å². The van der Waals surface area contributed by atoms with Gasteiger partial charge in [-0.15, -0.1) is 18.2 Å². The smallest absolute Gasteiger partial charge is 0.00812 e. The van der Waals surface area contributed by atoms with Crippen LogP contribution in [0.5, 0.6) is 0 Å². The molecule has 0 saturated carbocycles. The maximum Gasteiger partial charge on any atom is 0.00812 e. The van der Waals surface area contributed by atoms with E-state index < -0.39 is 0 Å². The van der Waals surface area contributed by atoms with Crippen LogP contribution in [0.4, 0.5) is 11.4 Å². The summed E-state index contributed by atoms with van der Waals surface area (Å²) in [6.07, 6.45) is 0. The molecule has 0 spiro atoms. The first-order valence-electron chi connectivity index (χ1n) is 9.14. The summed E-state index contributed by atoms with van der Waals surface area (Å²) in [7, 11) is 4.09. The molecule has 0 aliphatic heterocycles. The Morgan fingerprint density at radius 1 is 0.680 bits per heavy atom. The number of hydrogen-bond donors (Lipinski definition) is 0. The molecule has 0 fully saturated rings. The van der Waals surface area contributed by atoms with Crippen LogP contribution in [0.15, 0.2) is 18.2 Å². The van der Waals surface area contributed by atoms with Crippen molar-refractivity contribution < 1.29 is 16.5 Å². The minimum atomic E-state index is -0.199. The minimum Gasteiger partial charge on any atom is -0.376 e. The molecule has 0 unspecified atom stereocenters. The summed E-state index contributed by atoms with van der Waals surface area (Å²) in [5.74, 6) is 0. The second-order valence-corrected chi connectivity index (χ2v) is 14.5. The summed E-state index contributed by atoms with van der Waals surface area (Å²) >= 11 is 0. The molecule has 0 bridgehead atoms. The first kappa shape index (κ1) is 25.2. The molecule has 0 aliphatic carbocycles. The van der Waals surface area contributed by atoms with Crippen molar-refractivity contribution in [2.24, 2.45) is 0 Å². The number of hydrogen-bond acceptors (Lipinski definition) is 2. The van der Waals surface area contributed by atoms with Crippen molar-refractivity contribution in [2.45, 2.75) is 78.0 Å². The number of rotatable bonds is 8. The Kier molecular flexibility index (Phi) is 11.2. The van der Waals surface area contributed by atoms with E-state index in [1.165, 1.54) is 11.4 Å². The van der Waals surface area contributed by atoms with Crippen LogP contribution in [-0.4, -0.2) is 36.7 Å². The van der Waals surface area contributed by atoms with Gasteiger partial charge in [0.1, 0.15) is 0 Å². The topological polar surface area (TPSA) is 6.48 Å². The van der Waals surface area contributed by atoms with Crippen molar-refractivity contribution in [1.29, 1.82) is 0 Å². The predicted molar refractivity (Wildman–Crippen MR) is 116 cm³/mol. The average molecular weight is 426 g/mol. The summed E-state index contributed by atoms with van der Waals surface area (Å²) in [5, 5.41) is 0. The summed E-state index contributed by atoms with van der Waals surface area (Å²) in [6, 6.07) is 10.3. The fourth-order valence-corrected chi connectivity index (χ4v) is 9.54. The number of nitrogens with zero attached hydrogens (tertiary/aromatic N) is 2. The average Bonchev–Trinajstić information content (AvgIpc) is 2.45. The fraction of sp³-hybridized carbons (Fsp3) is 0.700. The molecule has 0 radical (unpaired) electrons. The van der Waals surface area contributed by atoms with Gasteiger partial charge in [-0.05, 0) is 38.8 Å². The molecule has 148 valence electrons. The molecule has 0 N–H and O–H groups in total. The summed E-state index contributed by atoms with van der Waals surface area (Å²) in [6.45, 7) is 18.7. The van der Waals surface area contributed by atoms with Gasteiger partial charge in [0.2, 0.25) is 0 Å². The molecule has 25 heavy (non-hydrogen) atoms. The van der Waals surface area contributed by atoms with Crippen LogP contribution in [-0.2, 0) is 16.5 Å². The van der Waals surface area contributed by atoms with E-state index in [1.807, 2.05) is 0 Å². The van der Waals surface area contributed by atoms with Crippen LogP contribution < -0.4 is 9.34 Å². The van der Waals surface area contributed by atoms with E-state index >= 15 is 0 Å². The second-order valence-electron chi connectivity index (χ2n) is 7.60. The Morgan fingerprint density at radius 2 is 0.960 bits per heavy atom. The monoisotopic (exact) mass is 425 g/mol. The molecule has 0 saturated heterocycles. The molecular weight excluding hydrogens is 389 g/mol. The van der Waals surface area contributed by atoms with E-state index in [-0.39, 0.29) is 32.6 Å². The molecule has 0 amide bonds. The van der Waals surface area contributed by atoms with Crippen LogP contribution in [0.25, 0.3) is 0 Å². The summed E-state index contributed by atoms with van der Waals surface area (Å²) in [4.78, 5) is 0. The first-order valence-corrected chi connectivity index (χ1v) is 12.0. The van der Waals surface area contributed by atoms with Gasteiger partial charge in [-0.3, -0.25) is 0 Å². The Morgan fingerprint density at radius 3 is 1.20 bits per heavy atom. The van der Waals surface area contributed by atoms with Gasteiger partial charge in [-0.2, -0.15) is 6.07 Å². The van der Waals surface area contributed by atoms with E-state index in [4.69, 9.17) is 0 Å². The van der Waals surface area contributed by atoms with Crippen LogP contribution in [0.2, 0.25) is 0 Å². The van der Waals surface area contributed by atoms with Gasteiger partial charge in [0.15, 0.2) is 0 Å². The molecule has 0 aliphatic rings. The molecule has 0 aromatic heterocycles. The molecule has 5 heteroatoms. The molecule has 0 atom stereocenters. The number of benzene rings is 1. The Balaban J connectivity index is 0.00000576. The maximum atomic E-state index is 3.71. The summed E-state index contributed by atoms with van der Waals surface area (Å²) < 4.78 is 4.96. The molecular formula is C20H37N2NiP2-. The predicted octanol–water partition coefficient (Wildman–Crippen LogP) is 6.78. The van der Waals surface area contributed by atoms with E-state index in [2.05, 4.69) is 103 Å². The van der Waals surface area contributed by atoms with Gasteiger partial charge in [-0.25, -0.2) is 0 Å². The first-order chi connectivity index (χ1) is 11.1. The van der Waals surface area contributed by atoms with Crippen LogP contribution >= 0.6 is 16.1 Å². The normalized spacial score (nSPS) is 11.8. The third-order valence-corrected chi connectivity index (χ3v) is 10.3. The van der Waals surface area contributed by atoms with Crippen molar-refractivity contribution in [3.05, 3.63) is 24.3 Å². The van der Waals surface area contributed by atoms with Crippen LogP contribution in [0.3, 0.4) is 0 Å². The van der Waals surface area contributed by atoms with Gasteiger partial charge in [0.25, 0.3) is 0 Å². The summed E-state index contributed by atoms with van der Waals surface area (Å²) in [5.41, 5.74) is 5.20. The fourth-order valence-electron chi connectivity index (χ4n) is 3.65.